The molecule has 0 spiro atoms. The molecule has 9 heteroatoms. The number of hydrogen-bond donors (Lipinski definition) is 0. The summed E-state index contributed by atoms with van der Waals surface area (Å²) < 4.78 is 9.96. The Kier molecular flexibility index (Phi) is 11.2. The molecule has 7 rings (SSSR count). The average Bonchev–Trinajstić information content (AvgIpc) is 3.28. The van der Waals surface area contributed by atoms with Crippen LogP contribution in [0.5, 0.6) is 0 Å². The van der Waals surface area contributed by atoms with Crippen molar-refractivity contribution in [1.82, 2.24) is 0 Å². The fourth-order valence-corrected chi connectivity index (χ4v) is 6.82. The molecule has 0 atom stereocenters. The van der Waals surface area contributed by atoms with Gasteiger partial charge < -0.3 is 9.47 Å². The van der Waals surface area contributed by atoms with Crippen LogP contribution in [-0.4, -0.2) is 37.8 Å². The van der Waals surface area contributed by atoms with Crippen molar-refractivity contribution in [2.75, 3.05) is 13.8 Å². The lowest BCUT2D eigenvalue weighted by Crippen LogP contribution is -2.04. The molecule has 0 unspecified atom stereocenters. The molecule has 0 bridgehead atoms. The number of carbonyl (C=O) groups excluding carboxylic acids is 4. The highest BCUT2D eigenvalue weighted by Crippen LogP contribution is 2.42. The number of esters is 2. The number of nitrogens with zero attached hydrogens (tertiary/aromatic N) is 3. The second kappa shape index (κ2) is 17.1. The smallest absolute Gasteiger partial charge is 0.338 e. The molecule has 0 fully saturated rings. The normalized spacial score (nSPS) is 10.5. The molecule has 276 valence electrons. The molecule has 0 aliphatic carbocycles. The standard InChI is InChI=1S/C48H33N3O6/c1-56-47(54)35-22-16-32(17-23-35)41-9-3-6-12-44(41)38-26-37(43-11-5-2-8-40(43)31-14-20-34(21-15-31)46(53)29-52)27-39(28-38)45-13-7-4-10-42(45)33-18-24-36(25-19-33)48(55)57-30-50-51-49/h2-29H,30H2,1H3. The average molecular weight is 748 g/mol. The van der Waals surface area contributed by atoms with Crippen molar-refractivity contribution in [2.45, 2.75) is 0 Å². The van der Waals surface area contributed by atoms with Crippen LogP contribution in [0.4, 0.5) is 0 Å². The molecule has 9 nitrogen and oxygen atoms in total. The predicted molar refractivity (Wildman–Crippen MR) is 220 cm³/mol. The van der Waals surface area contributed by atoms with Gasteiger partial charge >= 0.3 is 11.9 Å². The fraction of sp³-hybridized carbons (Fsp3) is 0.0417. The van der Waals surface area contributed by atoms with Gasteiger partial charge in [-0.15, -0.1) is 0 Å². The van der Waals surface area contributed by atoms with E-state index in [0.717, 1.165) is 66.8 Å². The molecule has 0 aliphatic rings. The van der Waals surface area contributed by atoms with E-state index >= 15 is 0 Å². The Morgan fingerprint density at radius 1 is 0.509 bits per heavy atom. The number of hydrogen-bond acceptors (Lipinski definition) is 7. The monoisotopic (exact) mass is 747 g/mol. The van der Waals surface area contributed by atoms with E-state index in [9.17, 15) is 19.2 Å². The molecule has 0 saturated heterocycles. The molecular weight excluding hydrogens is 715 g/mol. The molecular formula is C48H33N3O6. The summed E-state index contributed by atoms with van der Waals surface area (Å²) in [4.78, 5) is 50.6. The summed E-state index contributed by atoms with van der Waals surface area (Å²) in [5.74, 6) is -1.58. The Bertz CT molecular complexity index is 2680. The minimum absolute atomic E-state index is 0.315. The Morgan fingerprint density at radius 3 is 1.18 bits per heavy atom. The third-order valence-corrected chi connectivity index (χ3v) is 9.60. The Balaban J connectivity index is 1.39. The summed E-state index contributed by atoms with van der Waals surface area (Å²) in [5.41, 5.74) is 20.9. The minimum atomic E-state index is -0.596. The first kappa shape index (κ1) is 37.4. The molecule has 0 saturated carbocycles. The number of methoxy groups -OCH3 is 1. The number of ether oxygens (including phenoxy) is 2. The predicted octanol–water partition coefficient (Wildman–Crippen LogP) is 11.3. The summed E-state index contributed by atoms with van der Waals surface area (Å²) in [6, 6.07) is 52.1. The van der Waals surface area contributed by atoms with Crippen LogP contribution < -0.4 is 0 Å². The quantitative estimate of drug-likeness (QED) is 0.0232. The van der Waals surface area contributed by atoms with Crippen molar-refractivity contribution < 1.29 is 28.7 Å². The van der Waals surface area contributed by atoms with Gasteiger partial charge in [-0.05, 0) is 115 Å². The summed E-state index contributed by atoms with van der Waals surface area (Å²) >= 11 is 0. The van der Waals surface area contributed by atoms with Crippen molar-refractivity contribution in [2.24, 2.45) is 5.11 Å². The van der Waals surface area contributed by atoms with E-state index in [1.165, 1.54) is 7.11 Å². The van der Waals surface area contributed by atoms with Crippen LogP contribution >= 0.6 is 0 Å². The lowest BCUT2D eigenvalue weighted by atomic mass is 9.86. The second-order valence-corrected chi connectivity index (χ2v) is 12.9. The summed E-state index contributed by atoms with van der Waals surface area (Å²) in [6.45, 7) is -0.394. The van der Waals surface area contributed by atoms with Crippen LogP contribution in [0.1, 0.15) is 31.1 Å². The van der Waals surface area contributed by atoms with Gasteiger partial charge in [0, 0.05) is 10.5 Å². The van der Waals surface area contributed by atoms with Gasteiger partial charge in [-0.3, -0.25) is 9.59 Å². The van der Waals surface area contributed by atoms with Crippen molar-refractivity contribution in [1.29, 1.82) is 0 Å². The van der Waals surface area contributed by atoms with E-state index in [4.69, 9.17) is 15.0 Å². The van der Waals surface area contributed by atoms with Gasteiger partial charge in [-0.2, -0.15) is 0 Å². The Hall–Kier alpha value is -7.87. The molecule has 0 radical (unpaired) electrons. The molecule has 7 aromatic carbocycles. The number of ketones is 1. The van der Waals surface area contributed by atoms with Gasteiger partial charge in [0.25, 0.3) is 0 Å². The highest BCUT2D eigenvalue weighted by atomic mass is 16.5. The Labute approximate surface area is 328 Å². The van der Waals surface area contributed by atoms with E-state index in [1.54, 1.807) is 36.4 Å². The molecule has 57 heavy (non-hydrogen) atoms. The van der Waals surface area contributed by atoms with Gasteiger partial charge in [-0.1, -0.05) is 126 Å². The first-order chi connectivity index (χ1) is 27.9. The van der Waals surface area contributed by atoms with Gasteiger partial charge in [0.1, 0.15) is 0 Å². The van der Waals surface area contributed by atoms with E-state index in [0.29, 0.717) is 23.0 Å². The van der Waals surface area contributed by atoms with Crippen LogP contribution in [0.15, 0.2) is 169 Å². The zero-order chi connectivity index (χ0) is 39.7. The van der Waals surface area contributed by atoms with Crippen molar-refractivity contribution >= 4 is 24.0 Å². The van der Waals surface area contributed by atoms with E-state index in [-0.39, 0.29) is 0 Å². The van der Waals surface area contributed by atoms with Crippen LogP contribution in [-0.2, 0) is 14.3 Å². The lowest BCUT2D eigenvalue weighted by molar-refractivity contribution is -0.104. The molecule has 0 amide bonds. The maximum Gasteiger partial charge on any atom is 0.338 e. The fourth-order valence-electron chi connectivity index (χ4n) is 6.82. The van der Waals surface area contributed by atoms with Crippen LogP contribution in [0.25, 0.3) is 77.2 Å². The van der Waals surface area contributed by atoms with Gasteiger partial charge in [-0.25, -0.2) is 9.59 Å². The van der Waals surface area contributed by atoms with E-state index in [1.807, 2.05) is 84.9 Å². The summed E-state index contributed by atoms with van der Waals surface area (Å²) in [6.07, 6.45) is 0.315. The zero-order valence-electron chi connectivity index (χ0n) is 30.7. The molecule has 7 aromatic rings. The van der Waals surface area contributed by atoms with Gasteiger partial charge in [0.15, 0.2) is 13.0 Å². The van der Waals surface area contributed by atoms with Crippen LogP contribution in [0.2, 0.25) is 0 Å². The molecule has 0 N–H and O–H groups in total. The molecule has 0 aliphatic heterocycles. The highest BCUT2D eigenvalue weighted by Gasteiger charge is 2.17. The van der Waals surface area contributed by atoms with Crippen molar-refractivity contribution in [3.63, 3.8) is 0 Å². The third-order valence-electron chi connectivity index (χ3n) is 9.60. The third kappa shape index (κ3) is 8.15. The number of rotatable bonds is 12. The number of benzene rings is 7. The topological polar surface area (TPSA) is 136 Å². The maximum absolute atomic E-state index is 12.5. The van der Waals surface area contributed by atoms with Crippen molar-refractivity contribution in [3.05, 3.63) is 191 Å². The zero-order valence-corrected chi connectivity index (χ0v) is 30.7. The SMILES string of the molecule is COC(=O)c1ccc(-c2ccccc2-c2cc(-c3ccccc3-c3ccc(C(=O)C=O)cc3)cc(-c3ccccc3-c3ccc(C(=O)OCN=[N+]=[N-])cc3)c2)cc1. The maximum atomic E-state index is 12.5. The molecule has 0 heterocycles. The summed E-state index contributed by atoms with van der Waals surface area (Å²) in [5, 5.41) is 3.27. The van der Waals surface area contributed by atoms with Gasteiger partial charge in [0.2, 0.25) is 5.78 Å². The van der Waals surface area contributed by atoms with Crippen molar-refractivity contribution in [3.8, 4) is 66.8 Å². The number of azide groups is 1. The first-order valence-electron chi connectivity index (χ1n) is 17.9. The highest BCUT2D eigenvalue weighted by molar-refractivity contribution is 6.33. The largest absolute Gasteiger partial charge is 0.465 e. The molecule has 0 aromatic heterocycles. The lowest BCUT2D eigenvalue weighted by Gasteiger charge is -2.18. The van der Waals surface area contributed by atoms with Crippen LogP contribution in [0.3, 0.4) is 0 Å². The Morgan fingerprint density at radius 2 is 0.842 bits per heavy atom. The summed E-state index contributed by atoms with van der Waals surface area (Å²) in [7, 11) is 1.36. The second-order valence-electron chi connectivity index (χ2n) is 12.9. The van der Waals surface area contributed by atoms with E-state index < -0.39 is 24.5 Å². The van der Waals surface area contributed by atoms with Crippen LogP contribution in [0, 0.1) is 0 Å². The van der Waals surface area contributed by atoms with E-state index in [2.05, 4.69) is 52.5 Å². The number of aldehydes is 1. The first-order valence-corrected chi connectivity index (χ1v) is 17.9. The minimum Gasteiger partial charge on any atom is -0.465 e. The number of Topliss-reactive ketones (excluding diaryl/α,β-unsaturated/α-hetero) is 1. The van der Waals surface area contributed by atoms with Gasteiger partial charge in [0.05, 0.1) is 18.2 Å². The number of carbonyl (C=O) groups is 4.